The average molecular weight is 328 g/mol. The number of hydrogen-bond donors (Lipinski definition) is 2. The van der Waals surface area contributed by atoms with Crippen LogP contribution in [0.25, 0.3) is 0 Å². The van der Waals surface area contributed by atoms with Crippen LogP contribution in [0.1, 0.15) is 31.4 Å². The summed E-state index contributed by atoms with van der Waals surface area (Å²) in [5.41, 5.74) is 1.20. The van der Waals surface area contributed by atoms with Crippen molar-refractivity contribution in [3.63, 3.8) is 0 Å². The van der Waals surface area contributed by atoms with Crippen LogP contribution in [0.5, 0.6) is 0 Å². The van der Waals surface area contributed by atoms with Gasteiger partial charge in [0.1, 0.15) is 0 Å². The summed E-state index contributed by atoms with van der Waals surface area (Å²) in [7, 11) is 0. The van der Waals surface area contributed by atoms with E-state index in [0.29, 0.717) is 13.2 Å². The fourth-order valence-electron chi connectivity index (χ4n) is 1.96. The second-order valence-corrected chi connectivity index (χ2v) is 6.14. The summed E-state index contributed by atoms with van der Waals surface area (Å²) in [5, 5.41) is 13.2. The summed E-state index contributed by atoms with van der Waals surface area (Å²) in [6.07, 6.45) is 2.13. The van der Waals surface area contributed by atoms with E-state index in [-0.39, 0.29) is 6.04 Å². The van der Waals surface area contributed by atoms with Gasteiger partial charge in [-0.2, -0.15) is 0 Å². The van der Waals surface area contributed by atoms with Gasteiger partial charge in [0.15, 0.2) is 0 Å². The highest BCUT2D eigenvalue weighted by atomic mass is 79.9. The molecular formula is C15H22BrNO2. The second kappa shape index (κ2) is 7.39. The molecule has 1 fully saturated rings. The minimum atomic E-state index is -0.441. The molecule has 3 nitrogen and oxygen atoms in total. The number of aliphatic hydroxyl groups excluding tert-OH is 1. The Kier molecular flexibility index (Phi) is 5.82. The van der Waals surface area contributed by atoms with Gasteiger partial charge in [-0.3, -0.25) is 0 Å². The van der Waals surface area contributed by atoms with Crippen molar-refractivity contribution in [2.24, 2.45) is 5.92 Å². The van der Waals surface area contributed by atoms with Crippen molar-refractivity contribution in [3.05, 3.63) is 34.3 Å². The summed E-state index contributed by atoms with van der Waals surface area (Å²) in [4.78, 5) is 0. The molecule has 2 atom stereocenters. The lowest BCUT2D eigenvalue weighted by atomic mass is 10.1. The van der Waals surface area contributed by atoms with Crippen molar-refractivity contribution >= 4 is 15.9 Å². The van der Waals surface area contributed by atoms with Crippen LogP contribution in [0.2, 0.25) is 0 Å². The van der Waals surface area contributed by atoms with Gasteiger partial charge in [-0.1, -0.05) is 34.1 Å². The van der Waals surface area contributed by atoms with E-state index in [1.165, 1.54) is 18.4 Å². The molecule has 1 unspecified atom stereocenters. The third-order valence-corrected chi connectivity index (χ3v) is 4.11. The third-order valence-electron chi connectivity index (χ3n) is 3.39. The van der Waals surface area contributed by atoms with Crippen molar-refractivity contribution in [1.29, 1.82) is 0 Å². The molecule has 106 valence electrons. The van der Waals surface area contributed by atoms with Crippen LogP contribution in [0, 0.1) is 5.92 Å². The molecule has 4 heteroatoms. The van der Waals surface area contributed by atoms with Crippen LogP contribution in [0.15, 0.2) is 28.7 Å². The Morgan fingerprint density at radius 1 is 1.42 bits per heavy atom. The van der Waals surface area contributed by atoms with E-state index >= 15 is 0 Å². The number of rotatable bonds is 8. The van der Waals surface area contributed by atoms with Gasteiger partial charge in [0.2, 0.25) is 0 Å². The Balaban J connectivity index is 1.67. The van der Waals surface area contributed by atoms with E-state index in [1.807, 2.05) is 18.2 Å². The molecule has 0 aliphatic heterocycles. The monoisotopic (exact) mass is 327 g/mol. The highest BCUT2D eigenvalue weighted by Gasteiger charge is 2.21. The normalized spacial score (nSPS) is 18.3. The Morgan fingerprint density at radius 2 is 2.16 bits per heavy atom. The number of hydrogen-bond acceptors (Lipinski definition) is 3. The molecule has 0 bridgehead atoms. The van der Waals surface area contributed by atoms with Crippen LogP contribution in [-0.2, 0) is 4.74 Å². The molecule has 1 aromatic carbocycles. The maximum atomic E-state index is 9.85. The number of aliphatic hydroxyl groups is 1. The van der Waals surface area contributed by atoms with Gasteiger partial charge < -0.3 is 15.2 Å². The molecule has 2 N–H and O–H groups in total. The summed E-state index contributed by atoms with van der Waals surface area (Å²) in [6.45, 7) is 3.87. The smallest absolute Gasteiger partial charge is 0.0897 e. The number of halogens is 1. The maximum absolute atomic E-state index is 9.85. The molecule has 0 spiro atoms. The quantitative estimate of drug-likeness (QED) is 0.771. The zero-order valence-electron chi connectivity index (χ0n) is 11.3. The van der Waals surface area contributed by atoms with Crippen LogP contribution >= 0.6 is 15.9 Å². The van der Waals surface area contributed by atoms with Crippen molar-refractivity contribution in [3.8, 4) is 0 Å². The van der Waals surface area contributed by atoms with E-state index in [9.17, 15) is 5.11 Å². The first-order valence-electron chi connectivity index (χ1n) is 6.90. The van der Waals surface area contributed by atoms with Crippen LogP contribution in [0.3, 0.4) is 0 Å². The molecule has 2 rings (SSSR count). The molecule has 0 amide bonds. The Hall–Kier alpha value is -0.420. The highest BCUT2D eigenvalue weighted by molar-refractivity contribution is 9.10. The minimum Gasteiger partial charge on any atom is -0.389 e. The third kappa shape index (κ3) is 5.22. The largest absolute Gasteiger partial charge is 0.389 e. The predicted octanol–water partition coefficient (Wildman–Crippen LogP) is 2.89. The van der Waals surface area contributed by atoms with Crippen molar-refractivity contribution in [1.82, 2.24) is 5.32 Å². The lowest BCUT2D eigenvalue weighted by Gasteiger charge is -2.18. The predicted molar refractivity (Wildman–Crippen MR) is 80.1 cm³/mol. The first-order valence-corrected chi connectivity index (χ1v) is 7.69. The fraction of sp³-hybridized carbons (Fsp3) is 0.600. The highest BCUT2D eigenvalue weighted by Crippen LogP contribution is 2.28. The molecule has 0 heterocycles. The van der Waals surface area contributed by atoms with Crippen molar-refractivity contribution in [2.75, 3.05) is 19.8 Å². The van der Waals surface area contributed by atoms with Gasteiger partial charge in [-0.25, -0.2) is 0 Å². The van der Waals surface area contributed by atoms with E-state index < -0.39 is 6.10 Å². The zero-order chi connectivity index (χ0) is 13.7. The number of ether oxygens (including phenoxy) is 1. The van der Waals surface area contributed by atoms with Gasteiger partial charge in [0, 0.05) is 23.7 Å². The zero-order valence-corrected chi connectivity index (χ0v) is 12.9. The molecule has 0 aromatic heterocycles. The molecule has 1 aliphatic rings. The molecule has 19 heavy (non-hydrogen) atoms. The molecular weight excluding hydrogens is 306 g/mol. The Bertz CT molecular complexity index is 395. The van der Waals surface area contributed by atoms with E-state index in [2.05, 4.69) is 34.2 Å². The number of nitrogens with one attached hydrogen (secondary N) is 1. The van der Waals surface area contributed by atoms with E-state index in [4.69, 9.17) is 4.74 Å². The van der Waals surface area contributed by atoms with Gasteiger partial charge in [-0.05, 0) is 37.3 Å². The average Bonchev–Trinajstić information content (AvgIpc) is 3.20. The van der Waals surface area contributed by atoms with Crippen LogP contribution in [-0.4, -0.2) is 31.0 Å². The standard InChI is InChI=1S/C15H22BrNO2/c1-11(14-4-2-3-5-15(14)16)17-8-13(18)10-19-9-12-6-7-12/h2-5,11-13,17-18H,6-10H2,1H3/t11-,13?/m0/s1. The second-order valence-electron chi connectivity index (χ2n) is 5.29. The fourth-order valence-corrected chi connectivity index (χ4v) is 2.59. The molecule has 1 aromatic rings. The molecule has 1 saturated carbocycles. The maximum Gasteiger partial charge on any atom is 0.0897 e. The Morgan fingerprint density at radius 3 is 2.84 bits per heavy atom. The Labute approximate surface area is 123 Å². The lowest BCUT2D eigenvalue weighted by molar-refractivity contribution is 0.0315. The molecule has 0 saturated heterocycles. The van der Waals surface area contributed by atoms with Gasteiger partial charge in [-0.15, -0.1) is 0 Å². The van der Waals surface area contributed by atoms with Crippen molar-refractivity contribution in [2.45, 2.75) is 31.9 Å². The SMILES string of the molecule is C[C@H](NCC(O)COCC1CC1)c1ccccc1Br. The van der Waals surface area contributed by atoms with Crippen LogP contribution in [0.4, 0.5) is 0 Å². The molecule has 0 radical (unpaired) electrons. The van der Waals surface area contributed by atoms with Gasteiger partial charge >= 0.3 is 0 Å². The first kappa shape index (κ1) is 15.0. The summed E-state index contributed by atoms with van der Waals surface area (Å²) in [5.74, 6) is 0.749. The summed E-state index contributed by atoms with van der Waals surface area (Å²) < 4.78 is 6.57. The molecule has 1 aliphatic carbocycles. The van der Waals surface area contributed by atoms with Gasteiger partial charge in [0.25, 0.3) is 0 Å². The van der Waals surface area contributed by atoms with E-state index in [1.54, 1.807) is 0 Å². The first-order chi connectivity index (χ1) is 9.16. The number of benzene rings is 1. The summed E-state index contributed by atoms with van der Waals surface area (Å²) >= 11 is 3.54. The minimum absolute atomic E-state index is 0.202. The van der Waals surface area contributed by atoms with Crippen molar-refractivity contribution < 1.29 is 9.84 Å². The topological polar surface area (TPSA) is 41.5 Å². The summed E-state index contributed by atoms with van der Waals surface area (Å²) in [6, 6.07) is 8.34. The van der Waals surface area contributed by atoms with Crippen LogP contribution < -0.4 is 5.32 Å². The lowest BCUT2D eigenvalue weighted by Crippen LogP contribution is -2.32. The van der Waals surface area contributed by atoms with E-state index in [0.717, 1.165) is 17.0 Å². The van der Waals surface area contributed by atoms with Gasteiger partial charge in [0.05, 0.1) is 12.7 Å².